The predicted octanol–water partition coefficient (Wildman–Crippen LogP) is 3.04. The molecule has 7 heteroatoms. The number of nitrogens with zero attached hydrogens (tertiary/aromatic N) is 2. The van der Waals surface area contributed by atoms with Crippen molar-refractivity contribution >= 4 is 12.2 Å². The monoisotopic (exact) mass is 376 g/mol. The van der Waals surface area contributed by atoms with Crippen molar-refractivity contribution in [1.29, 1.82) is 0 Å². The summed E-state index contributed by atoms with van der Waals surface area (Å²) in [6.45, 7) is 8.10. The Labute approximate surface area is 160 Å². The Bertz CT molecular complexity index is 673. The largest absolute Gasteiger partial charge is 0.445 e. The van der Waals surface area contributed by atoms with Crippen molar-refractivity contribution in [2.75, 3.05) is 32.8 Å². The molecule has 0 bridgehead atoms. The van der Waals surface area contributed by atoms with Gasteiger partial charge in [-0.2, -0.15) is 0 Å². The van der Waals surface area contributed by atoms with E-state index in [-0.39, 0.29) is 18.8 Å². The summed E-state index contributed by atoms with van der Waals surface area (Å²) in [5, 5.41) is 0. The smallest absolute Gasteiger partial charge is 0.410 e. The Kier molecular flexibility index (Phi) is 5.60. The van der Waals surface area contributed by atoms with E-state index in [9.17, 15) is 9.59 Å². The second kappa shape index (κ2) is 7.76. The van der Waals surface area contributed by atoms with E-state index >= 15 is 0 Å². The van der Waals surface area contributed by atoms with Crippen LogP contribution in [0.3, 0.4) is 0 Å². The third-order valence-electron chi connectivity index (χ3n) is 4.68. The first-order valence-corrected chi connectivity index (χ1v) is 9.34. The minimum absolute atomic E-state index is 0.244. The van der Waals surface area contributed by atoms with E-state index in [1.54, 1.807) is 9.80 Å². The summed E-state index contributed by atoms with van der Waals surface area (Å²) in [5.41, 5.74) is -0.125. The van der Waals surface area contributed by atoms with Crippen molar-refractivity contribution in [1.82, 2.24) is 9.80 Å². The second-order valence-corrected chi connectivity index (χ2v) is 8.15. The molecular formula is C20H28N2O5. The van der Waals surface area contributed by atoms with E-state index < -0.39 is 11.2 Å². The molecule has 2 aliphatic rings. The molecule has 1 spiro atoms. The molecule has 2 aliphatic heterocycles. The molecule has 7 nitrogen and oxygen atoms in total. The lowest BCUT2D eigenvalue weighted by Crippen LogP contribution is -2.55. The summed E-state index contributed by atoms with van der Waals surface area (Å²) in [6.07, 6.45) is -0.0154. The molecule has 0 aromatic heterocycles. The minimum atomic E-state index is -0.541. The Morgan fingerprint density at radius 1 is 1.07 bits per heavy atom. The lowest BCUT2D eigenvalue weighted by molar-refractivity contribution is -0.0964. The highest BCUT2D eigenvalue weighted by molar-refractivity contribution is 5.69. The van der Waals surface area contributed by atoms with Crippen LogP contribution in [-0.2, 0) is 20.8 Å². The highest BCUT2D eigenvalue weighted by atomic mass is 16.6. The first-order chi connectivity index (χ1) is 12.8. The number of carbonyl (C=O) groups is 2. The van der Waals surface area contributed by atoms with Gasteiger partial charge in [0.25, 0.3) is 0 Å². The predicted molar refractivity (Wildman–Crippen MR) is 99.3 cm³/mol. The molecule has 3 rings (SSSR count). The molecular weight excluding hydrogens is 348 g/mol. The SMILES string of the molecule is CC(C)(C)OC(=O)N1CCC2(CN(C(=O)OCc3ccccc3)CCO2)C1. The van der Waals surface area contributed by atoms with Crippen LogP contribution in [-0.4, -0.2) is 66.0 Å². The minimum Gasteiger partial charge on any atom is -0.445 e. The molecule has 2 saturated heterocycles. The summed E-state index contributed by atoms with van der Waals surface area (Å²) in [4.78, 5) is 28.1. The Morgan fingerprint density at radius 2 is 1.74 bits per heavy atom. The zero-order valence-corrected chi connectivity index (χ0v) is 16.3. The molecule has 0 N–H and O–H groups in total. The van der Waals surface area contributed by atoms with E-state index in [2.05, 4.69) is 0 Å². The van der Waals surface area contributed by atoms with Crippen LogP contribution >= 0.6 is 0 Å². The third kappa shape index (κ3) is 5.13. The van der Waals surface area contributed by atoms with Crippen LogP contribution in [0.25, 0.3) is 0 Å². The number of likely N-dealkylation sites (tertiary alicyclic amines) is 1. The number of hydrogen-bond donors (Lipinski definition) is 0. The van der Waals surface area contributed by atoms with E-state index in [0.29, 0.717) is 39.2 Å². The Hall–Kier alpha value is -2.28. The first kappa shape index (κ1) is 19.5. The maximum atomic E-state index is 12.5. The average Bonchev–Trinajstić information content (AvgIpc) is 3.02. The number of morpholine rings is 1. The zero-order chi connectivity index (χ0) is 19.5. The maximum Gasteiger partial charge on any atom is 0.410 e. The molecule has 0 radical (unpaired) electrons. The lowest BCUT2D eigenvalue weighted by Gasteiger charge is -2.39. The molecule has 1 aromatic rings. The van der Waals surface area contributed by atoms with Gasteiger partial charge in [-0.05, 0) is 32.8 Å². The molecule has 1 atom stereocenters. The summed E-state index contributed by atoms with van der Waals surface area (Å²) in [5.74, 6) is 0. The molecule has 27 heavy (non-hydrogen) atoms. The van der Waals surface area contributed by atoms with Gasteiger partial charge in [-0.3, -0.25) is 0 Å². The van der Waals surface area contributed by atoms with Gasteiger partial charge in [0.2, 0.25) is 0 Å². The van der Waals surface area contributed by atoms with Crippen LogP contribution in [0.1, 0.15) is 32.8 Å². The Balaban J connectivity index is 1.54. The van der Waals surface area contributed by atoms with E-state index in [4.69, 9.17) is 14.2 Å². The molecule has 2 heterocycles. The maximum absolute atomic E-state index is 12.5. The van der Waals surface area contributed by atoms with Gasteiger partial charge in [0.05, 0.1) is 19.7 Å². The zero-order valence-electron chi connectivity index (χ0n) is 16.3. The van der Waals surface area contributed by atoms with E-state index in [1.165, 1.54) is 0 Å². The summed E-state index contributed by atoms with van der Waals surface area (Å²) < 4.78 is 16.9. The molecule has 2 fully saturated rings. The fraction of sp³-hybridized carbons (Fsp3) is 0.600. The van der Waals surface area contributed by atoms with Crippen LogP contribution < -0.4 is 0 Å². The number of ether oxygens (including phenoxy) is 3. The standard InChI is InChI=1S/C20H28N2O5/c1-19(2,3)27-18(24)21-10-9-20(14-21)15-22(11-12-26-20)17(23)25-13-16-7-5-4-6-8-16/h4-8H,9-15H2,1-3H3. The van der Waals surface area contributed by atoms with Crippen molar-refractivity contribution in [3.63, 3.8) is 0 Å². The molecule has 0 saturated carbocycles. The molecule has 0 aliphatic carbocycles. The van der Waals surface area contributed by atoms with Crippen molar-refractivity contribution < 1.29 is 23.8 Å². The summed E-state index contributed by atoms with van der Waals surface area (Å²) in [6, 6.07) is 9.59. The fourth-order valence-electron chi connectivity index (χ4n) is 3.39. The number of carbonyl (C=O) groups excluding carboxylic acids is 2. The highest BCUT2D eigenvalue weighted by Crippen LogP contribution is 2.30. The number of rotatable bonds is 2. The quantitative estimate of drug-likeness (QED) is 0.794. The van der Waals surface area contributed by atoms with Gasteiger partial charge in [0.1, 0.15) is 17.8 Å². The van der Waals surface area contributed by atoms with Crippen LogP contribution in [0.15, 0.2) is 30.3 Å². The van der Waals surface area contributed by atoms with Gasteiger partial charge in [-0.15, -0.1) is 0 Å². The van der Waals surface area contributed by atoms with Crippen molar-refractivity contribution in [2.45, 2.75) is 45.0 Å². The molecule has 148 valence electrons. The van der Waals surface area contributed by atoms with Crippen molar-refractivity contribution in [2.24, 2.45) is 0 Å². The van der Waals surface area contributed by atoms with Crippen LogP contribution in [0.5, 0.6) is 0 Å². The van der Waals surface area contributed by atoms with Crippen molar-refractivity contribution in [3.05, 3.63) is 35.9 Å². The molecule has 1 aromatic carbocycles. The fourth-order valence-corrected chi connectivity index (χ4v) is 3.39. The second-order valence-electron chi connectivity index (χ2n) is 8.15. The van der Waals surface area contributed by atoms with E-state index in [0.717, 1.165) is 5.56 Å². The van der Waals surface area contributed by atoms with Gasteiger partial charge < -0.3 is 24.0 Å². The van der Waals surface area contributed by atoms with Gasteiger partial charge in [-0.1, -0.05) is 30.3 Å². The summed E-state index contributed by atoms with van der Waals surface area (Å²) in [7, 11) is 0. The van der Waals surface area contributed by atoms with Crippen molar-refractivity contribution in [3.8, 4) is 0 Å². The third-order valence-corrected chi connectivity index (χ3v) is 4.68. The van der Waals surface area contributed by atoms with Gasteiger partial charge in [0, 0.05) is 13.1 Å². The van der Waals surface area contributed by atoms with E-state index in [1.807, 2.05) is 51.1 Å². The highest BCUT2D eigenvalue weighted by Gasteiger charge is 2.46. The van der Waals surface area contributed by atoms with Gasteiger partial charge in [-0.25, -0.2) is 9.59 Å². The number of amides is 2. The first-order valence-electron chi connectivity index (χ1n) is 9.34. The van der Waals surface area contributed by atoms with Gasteiger partial charge >= 0.3 is 12.2 Å². The average molecular weight is 376 g/mol. The van der Waals surface area contributed by atoms with Crippen LogP contribution in [0.4, 0.5) is 9.59 Å². The van der Waals surface area contributed by atoms with Crippen LogP contribution in [0, 0.1) is 0 Å². The van der Waals surface area contributed by atoms with Crippen LogP contribution in [0.2, 0.25) is 0 Å². The normalized spacial score (nSPS) is 22.8. The van der Waals surface area contributed by atoms with Gasteiger partial charge in [0.15, 0.2) is 0 Å². The summed E-state index contributed by atoms with van der Waals surface area (Å²) >= 11 is 0. The topological polar surface area (TPSA) is 68.3 Å². The lowest BCUT2D eigenvalue weighted by atomic mass is 10.0. The molecule has 1 unspecified atom stereocenters. The number of hydrogen-bond acceptors (Lipinski definition) is 5. The Morgan fingerprint density at radius 3 is 2.41 bits per heavy atom. The molecule has 2 amide bonds. The number of benzene rings is 1.